The molecule has 2 amide bonds. The molecule has 1 atom stereocenters. The highest BCUT2D eigenvalue weighted by Gasteiger charge is 2.43. The van der Waals surface area contributed by atoms with E-state index in [2.05, 4.69) is 25.1 Å². The van der Waals surface area contributed by atoms with Crippen molar-refractivity contribution in [2.45, 2.75) is 32.1 Å². The monoisotopic (exact) mass is 449 g/mol. The van der Waals surface area contributed by atoms with Gasteiger partial charge in [0, 0.05) is 53.3 Å². The number of halogens is 1. The van der Waals surface area contributed by atoms with E-state index in [-0.39, 0.29) is 29.6 Å². The lowest BCUT2D eigenvalue weighted by atomic mass is 9.85. The minimum Gasteiger partial charge on any atom is -0.364 e. The highest BCUT2D eigenvalue weighted by atomic mass is 35.5. The summed E-state index contributed by atoms with van der Waals surface area (Å²) in [5, 5.41) is 4.34. The lowest BCUT2D eigenvalue weighted by molar-refractivity contribution is -0.124. The van der Waals surface area contributed by atoms with Crippen LogP contribution in [0.2, 0.25) is 5.02 Å². The first-order chi connectivity index (χ1) is 15.3. The average molecular weight is 450 g/mol. The van der Waals surface area contributed by atoms with Crippen LogP contribution < -0.4 is 9.80 Å². The molecule has 0 spiro atoms. The summed E-state index contributed by atoms with van der Waals surface area (Å²) in [5.74, 6) is -0.422. The van der Waals surface area contributed by atoms with Gasteiger partial charge in [0.25, 0.3) is 0 Å². The first kappa shape index (κ1) is 20.8. The Labute approximate surface area is 191 Å². The second kappa shape index (κ2) is 7.78. The van der Waals surface area contributed by atoms with E-state index in [0.717, 1.165) is 34.5 Å². The number of nitrogens with zero attached hydrogens (tertiary/aromatic N) is 3. The van der Waals surface area contributed by atoms with Gasteiger partial charge in [-0.1, -0.05) is 48.8 Å². The Hall–Kier alpha value is -3.12. The van der Waals surface area contributed by atoms with Gasteiger partial charge in [0.2, 0.25) is 11.8 Å². The fourth-order valence-corrected chi connectivity index (χ4v) is 4.95. The third-order valence-electron chi connectivity index (χ3n) is 6.39. The maximum absolute atomic E-state index is 13.5. The number of hydrogen-bond donors (Lipinski definition) is 0. The Morgan fingerprint density at radius 2 is 2.06 bits per heavy atom. The number of aromatic nitrogens is 1. The molecule has 0 saturated carbocycles. The van der Waals surface area contributed by atoms with Crippen LogP contribution in [0.3, 0.4) is 0 Å². The maximum Gasteiger partial charge on any atom is 0.232 e. The summed E-state index contributed by atoms with van der Waals surface area (Å²) in [7, 11) is 0. The van der Waals surface area contributed by atoms with Crippen LogP contribution in [0.15, 0.2) is 59.4 Å². The quantitative estimate of drug-likeness (QED) is 0.584. The van der Waals surface area contributed by atoms with Gasteiger partial charge < -0.3 is 14.3 Å². The smallest absolute Gasteiger partial charge is 0.232 e. The van der Waals surface area contributed by atoms with Crippen LogP contribution in [-0.2, 0) is 21.4 Å². The van der Waals surface area contributed by atoms with Crippen molar-refractivity contribution in [1.29, 1.82) is 0 Å². The summed E-state index contributed by atoms with van der Waals surface area (Å²) in [4.78, 5) is 29.7. The molecular weight excluding hydrogens is 426 g/mol. The van der Waals surface area contributed by atoms with Gasteiger partial charge in [-0.25, -0.2) is 0 Å². The van der Waals surface area contributed by atoms with Gasteiger partial charge in [0.1, 0.15) is 6.26 Å². The molecule has 0 radical (unpaired) electrons. The standard InChI is InChI=1S/C25H24ClN3O3/c1-25(2)15-29(22-7-6-16(9-21(22)25)8-17-12-27-32-14-17)24(31)18-10-23(30)28(13-18)20-5-3-4-19(26)11-20/h3-7,9,11-12,14,18H,8,10,13,15H2,1-2H3/t18-/m0/s1. The Bertz CT molecular complexity index is 1190. The molecule has 32 heavy (non-hydrogen) atoms. The molecule has 0 aliphatic carbocycles. The van der Waals surface area contributed by atoms with Crippen molar-refractivity contribution < 1.29 is 14.1 Å². The van der Waals surface area contributed by atoms with E-state index >= 15 is 0 Å². The highest BCUT2D eigenvalue weighted by Crippen LogP contribution is 2.42. The van der Waals surface area contributed by atoms with Gasteiger partial charge in [0.15, 0.2) is 0 Å². The molecule has 0 bridgehead atoms. The lowest BCUT2D eigenvalue weighted by Crippen LogP contribution is -2.39. The van der Waals surface area contributed by atoms with E-state index in [9.17, 15) is 9.59 Å². The summed E-state index contributed by atoms with van der Waals surface area (Å²) in [5.41, 5.74) is 4.80. The summed E-state index contributed by atoms with van der Waals surface area (Å²) >= 11 is 6.10. The van der Waals surface area contributed by atoms with Crippen LogP contribution in [0.4, 0.5) is 11.4 Å². The molecular formula is C25H24ClN3O3. The second-order valence-corrected chi connectivity index (χ2v) is 9.69. The van der Waals surface area contributed by atoms with Crippen molar-refractivity contribution in [3.05, 3.63) is 76.6 Å². The second-order valence-electron chi connectivity index (χ2n) is 9.25. The Kier molecular flexibility index (Phi) is 5.05. The van der Waals surface area contributed by atoms with Crippen LogP contribution in [0.25, 0.3) is 0 Å². The summed E-state index contributed by atoms with van der Waals surface area (Å²) < 4.78 is 4.94. The molecule has 6 nitrogen and oxygen atoms in total. The van der Waals surface area contributed by atoms with E-state index in [1.807, 2.05) is 29.2 Å². The molecule has 2 aliphatic rings. The van der Waals surface area contributed by atoms with E-state index in [0.29, 0.717) is 18.1 Å². The molecule has 2 aromatic carbocycles. The van der Waals surface area contributed by atoms with Crippen molar-refractivity contribution in [3.63, 3.8) is 0 Å². The predicted molar refractivity (Wildman–Crippen MR) is 123 cm³/mol. The number of anilines is 2. The fraction of sp³-hybridized carbons (Fsp3) is 0.320. The number of carbonyl (C=O) groups excluding carboxylic acids is 2. The minimum atomic E-state index is -0.375. The van der Waals surface area contributed by atoms with Gasteiger partial charge in [-0.3, -0.25) is 9.59 Å². The molecule has 1 aromatic heterocycles. The first-order valence-electron chi connectivity index (χ1n) is 10.7. The zero-order valence-corrected chi connectivity index (χ0v) is 18.8. The average Bonchev–Trinajstić information content (AvgIpc) is 3.46. The first-order valence-corrected chi connectivity index (χ1v) is 11.1. The number of hydrogen-bond acceptors (Lipinski definition) is 4. The third kappa shape index (κ3) is 3.69. The molecule has 7 heteroatoms. The molecule has 164 valence electrons. The van der Waals surface area contributed by atoms with E-state index in [4.69, 9.17) is 16.1 Å². The van der Waals surface area contributed by atoms with E-state index in [1.165, 1.54) is 0 Å². The number of rotatable bonds is 4. The zero-order valence-electron chi connectivity index (χ0n) is 18.0. The number of fused-ring (bicyclic) bond motifs is 1. The van der Waals surface area contributed by atoms with Gasteiger partial charge in [-0.05, 0) is 35.4 Å². The van der Waals surface area contributed by atoms with Crippen molar-refractivity contribution in [3.8, 4) is 0 Å². The predicted octanol–water partition coefficient (Wildman–Crippen LogP) is 4.60. The summed E-state index contributed by atoms with van der Waals surface area (Å²) in [6.45, 7) is 5.27. The van der Waals surface area contributed by atoms with Gasteiger partial charge in [0.05, 0.1) is 12.1 Å². The largest absolute Gasteiger partial charge is 0.364 e. The molecule has 1 saturated heterocycles. The van der Waals surface area contributed by atoms with Crippen molar-refractivity contribution in [2.75, 3.05) is 22.9 Å². The number of amides is 2. The number of benzene rings is 2. The molecule has 5 rings (SSSR count). The fourth-order valence-electron chi connectivity index (χ4n) is 4.77. The van der Waals surface area contributed by atoms with Gasteiger partial charge >= 0.3 is 0 Å². The van der Waals surface area contributed by atoms with Crippen LogP contribution in [-0.4, -0.2) is 30.1 Å². The molecule has 2 aliphatic heterocycles. The molecule has 3 aromatic rings. The Balaban J connectivity index is 1.38. The molecule has 0 N–H and O–H groups in total. The molecule has 0 unspecified atom stereocenters. The van der Waals surface area contributed by atoms with Crippen LogP contribution >= 0.6 is 11.6 Å². The van der Waals surface area contributed by atoms with Crippen molar-refractivity contribution >= 4 is 34.8 Å². The summed E-state index contributed by atoms with van der Waals surface area (Å²) in [6, 6.07) is 13.4. The van der Waals surface area contributed by atoms with Crippen LogP contribution in [0.5, 0.6) is 0 Å². The van der Waals surface area contributed by atoms with Gasteiger partial charge in [-0.15, -0.1) is 0 Å². The third-order valence-corrected chi connectivity index (χ3v) is 6.62. The zero-order chi connectivity index (χ0) is 22.5. The van der Waals surface area contributed by atoms with Gasteiger partial charge in [-0.2, -0.15) is 0 Å². The molecule has 1 fully saturated rings. The number of carbonyl (C=O) groups is 2. The van der Waals surface area contributed by atoms with E-state index in [1.54, 1.807) is 29.5 Å². The minimum absolute atomic E-state index is 0.00138. The highest BCUT2D eigenvalue weighted by molar-refractivity contribution is 6.31. The maximum atomic E-state index is 13.5. The Morgan fingerprint density at radius 1 is 1.22 bits per heavy atom. The van der Waals surface area contributed by atoms with Crippen molar-refractivity contribution in [1.82, 2.24) is 5.16 Å². The van der Waals surface area contributed by atoms with Crippen molar-refractivity contribution in [2.24, 2.45) is 5.92 Å². The summed E-state index contributed by atoms with van der Waals surface area (Å²) in [6.07, 6.45) is 4.31. The topological polar surface area (TPSA) is 66.7 Å². The SMILES string of the molecule is CC1(C)CN(C(=O)[C@H]2CC(=O)N(c3cccc(Cl)c3)C2)c2ccc(Cc3cnoc3)cc21. The normalized spacial score (nSPS) is 19.5. The Morgan fingerprint density at radius 3 is 2.81 bits per heavy atom. The lowest BCUT2D eigenvalue weighted by Gasteiger charge is -2.23. The van der Waals surface area contributed by atoms with E-state index < -0.39 is 0 Å². The van der Waals surface area contributed by atoms with Crippen LogP contribution in [0.1, 0.15) is 37.0 Å². The molecule has 3 heterocycles. The van der Waals surface area contributed by atoms with Crippen LogP contribution in [0, 0.1) is 5.92 Å².